The van der Waals surface area contributed by atoms with Crippen molar-refractivity contribution in [2.24, 2.45) is 5.92 Å². The lowest BCUT2D eigenvalue weighted by atomic mass is 10.0. The van der Waals surface area contributed by atoms with Crippen molar-refractivity contribution in [2.45, 2.75) is 25.0 Å². The maximum absolute atomic E-state index is 5.41. The van der Waals surface area contributed by atoms with E-state index in [1.165, 1.54) is 18.4 Å². The molecule has 1 aliphatic rings. The summed E-state index contributed by atoms with van der Waals surface area (Å²) in [5, 5.41) is 3.63. The van der Waals surface area contributed by atoms with Gasteiger partial charge in [0, 0.05) is 26.8 Å². The zero-order chi connectivity index (χ0) is 14.4. The first kappa shape index (κ1) is 15.3. The predicted octanol–water partition coefficient (Wildman–Crippen LogP) is 2.40. The molecule has 0 spiro atoms. The largest absolute Gasteiger partial charge is 0.497 e. The van der Waals surface area contributed by atoms with Crippen LogP contribution in [0, 0.1) is 5.92 Å². The molecule has 4 heteroatoms. The fraction of sp³-hybridized carbons (Fsp3) is 0.625. The van der Waals surface area contributed by atoms with Crippen LogP contribution >= 0.6 is 0 Å². The molecule has 20 heavy (non-hydrogen) atoms. The molecule has 0 saturated heterocycles. The third-order valence-electron chi connectivity index (χ3n) is 3.82. The van der Waals surface area contributed by atoms with Crippen LogP contribution in [-0.4, -0.2) is 40.6 Å². The van der Waals surface area contributed by atoms with Gasteiger partial charge in [-0.1, -0.05) is 12.1 Å². The van der Waals surface area contributed by atoms with E-state index in [2.05, 4.69) is 17.4 Å². The van der Waals surface area contributed by atoms with E-state index in [4.69, 9.17) is 14.2 Å². The van der Waals surface area contributed by atoms with Crippen molar-refractivity contribution in [3.63, 3.8) is 0 Å². The van der Waals surface area contributed by atoms with Gasteiger partial charge in [0.15, 0.2) is 0 Å². The lowest BCUT2D eigenvalue weighted by Gasteiger charge is -2.22. The number of hydrogen-bond acceptors (Lipinski definition) is 4. The zero-order valence-electron chi connectivity index (χ0n) is 12.6. The molecule has 0 aliphatic heterocycles. The van der Waals surface area contributed by atoms with Gasteiger partial charge in [0.05, 0.1) is 19.8 Å². The van der Waals surface area contributed by atoms with Gasteiger partial charge in [-0.15, -0.1) is 0 Å². The van der Waals surface area contributed by atoms with Crippen molar-refractivity contribution in [2.75, 3.05) is 34.5 Å². The number of methoxy groups -OCH3 is 3. The fourth-order valence-electron chi connectivity index (χ4n) is 2.45. The maximum atomic E-state index is 5.41. The summed E-state index contributed by atoms with van der Waals surface area (Å²) >= 11 is 0. The van der Waals surface area contributed by atoms with Crippen molar-refractivity contribution in [3.8, 4) is 5.75 Å². The highest BCUT2D eigenvalue weighted by atomic mass is 16.5. The Morgan fingerprint density at radius 3 is 2.35 bits per heavy atom. The summed E-state index contributed by atoms with van der Waals surface area (Å²) in [6, 6.07) is 8.74. The van der Waals surface area contributed by atoms with Crippen molar-refractivity contribution in [3.05, 3.63) is 29.8 Å². The number of hydrogen-bond donors (Lipinski definition) is 1. The van der Waals surface area contributed by atoms with E-state index < -0.39 is 0 Å². The van der Waals surface area contributed by atoms with Gasteiger partial charge in [0.25, 0.3) is 0 Å². The standard InChI is InChI=1S/C16H25NO3/c1-18-11-15(20-3)10-17-16(12-4-5-12)13-6-8-14(19-2)9-7-13/h6-9,12,15-17H,4-5,10-11H2,1-3H3. The number of nitrogens with one attached hydrogen (secondary N) is 1. The quantitative estimate of drug-likeness (QED) is 0.753. The summed E-state index contributed by atoms with van der Waals surface area (Å²) in [6.07, 6.45) is 2.69. The molecular formula is C16H25NO3. The molecule has 1 aliphatic carbocycles. The summed E-state index contributed by atoms with van der Waals surface area (Å²) in [6.45, 7) is 1.42. The van der Waals surface area contributed by atoms with Crippen LogP contribution in [-0.2, 0) is 9.47 Å². The minimum atomic E-state index is 0.0968. The monoisotopic (exact) mass is 279 g/mol. The Morgan fingerprint density at radius 2 is 1.85 bits per heavy atom. The smallest absolute Gasteiger partial charge is 0.118 e. The molecule has 1 fully saturated rings. The van der Waals surface area contributed by atoms with Gasteiger partial charge < -0.3 is 19.5 Å². The SMILES string of the molecule is COCC(CNC(c1ccc(OC)cc1)C1CC1)OC. The molecule has 0 radical (unpaired) electrons. The van der Waals surface area contributed by atoms with E-state index >= 15 is 0 Å². The second-order valence-corrected chi connectivity index (χ2v) is 5.31. The Bertz CT molecular complexity index is 389. The van der Waals surface area contributed by atoms with Gasteiger partial charge in [-0.25, -0.2) is 0 Å². The molecule has 2 atom stereocenters. The minimum absolute atomic E-state index is 0.0968. The van der Waals surface area contributed by atoms with Crippen molar-refractivity contribution in [1.29, 1.82) is 0 Å². The number of benzene rings is 1. The minimum Gasteiger partial charge on any atom is -0.497 e. The second-order valence-electron chi connectivity index (χ2n) is 5.31. The van der Waals surface area contributed by atoms with Crippen molar-refractivity contribution < 1.29 is 14.2 Å². The van der Waals surface area contributed by atoms with E-state index in [-0.39, 0.29) is 6.10 Å². The molecular weight excluding hydrogens is 254 g/mol. The van der Waals surface area contributed by atoms with E-state index in [9.17, 15) is 0 Å². The first-order valence-electron chi connectivity index (χ1n) is 7.17. The Kier molecular flexibility index (Phi) is 5.83. The highest BCUT2D eigenvalue weighted by Gasteiger charge is 2.32. The van der Waals surface area contributed by atoms with E-state index in [0.717, 1.165) is 18.2 Å². The summed E-state index contributed by atoms with van der Waals surface area (Å²) in [4.78, 5) is 0. The molecule has 2 unspecified atom stereocenters. The van der Waals surface area contributed by atoms with E-state index in [0.29, 0.717) is 12.6 Å². The van der Waals surface area contributed by atoms with Crippen LogP contribution in [0.25, 0.3) is 0 Å². The predicted molar refractivity (Wildman–Crippen MR) is 79.1 cm³/mol. The van der Waals surface area contributed by atoms with Gasteiger partial charge in [-0.3, -0.25) is 0 Å². The molecule has 0 aromatic heterocycles. The van der Waals surface area contributed by atoms with Crippen molar-refractivity contribution in [1.82, 2.24) is 5.32 Å². The van der Waals surface area contributed by atoms with Gasteiger partial charge in [-0.05, 0) is 36.5 Å². The average molecular weight is 279 g/mol. The third-order valence-corrected chi connectivity index (χ3v) is 3.82. The first-order chi connectivity index (χ1) is 9.78. The Hall–Kier alpha value is -1.10. The lowest BCUT2D eigenvalue weighted by molar-refractivity contribution is 0.0269. The Labute approximate surface area is 121 Å². The topological polar surface area (TPSA) is 39.7 Å². The first-order valence-corrected chi connectivity index (χ1v) is 7.17. The average Bonchev–Trinajstić information content (AvgIpc) is 3.31. The molecule has 2 rings (SSSR count). The summed E-state index contributed by atoms with van der Waals surface area (Å²) in [5.74, 6) is 1.64. The Balaban J connectivity index is 1.95. The van der Waals surface area contributed by atoms with Crippen molar-refractivity contribution >= 4 is 0 Å². The lowest BCUT2D eigenvalue weighted by Crippen LogP contribution is -2.35. The van der Waals surface area contributed by atoms with Crippen LogP contribution in [0.15, 0.2) is 24.3 Å². The van der Waals surface area contributed by atoms with Gasteiger partial charge in [0.2, 0.25) is 0 Å². The highest BCUT2D eigenvalue weighted by Crippen LogP contribution is 2.41. The molecule has 1 aromatic carbocycles. The molecule has 0 heterocycles. The molecule has 0 amide bonds. The number of ether oxygens (including phenoxy) is 3. The summed E-state index contributed by atoms with van der Waals surface area (Å²) in [5.41, 5.74) is 1.32. The summed E-state index contributed by atoms with van der Waals surface area (Å²) in [7, 11) is 5.12. The van der Waals surface area contributed by atoms with Crippen LogP contribution < -0.4 is 10.1 Å². The number of rotatable bonds is 9. The normalized spacial score (nSPS) is 17.8. The van der Waals surface area contributed by atoms with E-state index in [1.54, 1.807) is 21.3 Å². The van der Waals surface area contributed by atoms with Crippen LogP contribution in [0.2, 0.25) is 0 Å². The van der Waals surface area contributed by atoms with E-state index in [1.807, 2.05) is 12.1 Å². The van der Waals surface area contributed by atoms with Gasteiger partial charge >= 0.3 is 0 Å². The maximum Gasteiger partial charge on any atom is 0.118 e. The van der Waals surface area contributed by atoms with Crippen LogP contribution in [0.3, 0.4) is 0 Å². The van der Waals surface area contributed by atoms with Crippen LogP contribution in [0.1, 0.15) is 24.4 Å². The molecule has 4 nitrogen and oxygen atoms in total. The molecule has 1 aromatic rings. The Morgan fingerprint density at radius 1 is 1.15 bits per heavy atom. The second kappa shape index (κ2) is 7.62. The van der Waals surface area contributed by atoms with Crippen LogP contribution in [0.4, 0.5) is 0 Å². The third kappa shape index (κ3) is 4.20. The molecule has 1 saturated carbocycles. The highest BCUT2D eigenvalue weighted by molar-refractivity contribution is 5.30. The van der Waals surface area contributed by atoms with Crippen LogP contribution in [0.5, 0.6) is 5.75 Å². The van der Waals surface area contributed by atoms with Gasteiger partial charge in [0.1, 0.15) is 5.75 Å². The molecule has 112 valence electrons. The fourth-order valence-corrected chi connectivity index (χ4v) is 2.45. The summed E-state index contributed by atoms with van der Waals surface area (Å²) < 4.78 is 15.8. The molecule has 1 N–H and O–H groups in total. The molecule has 0 bridgehead atoms. The zero-order valence-corrected chi connectivity index (χ0v) is 12.6. The van der Waals surface area contributed by atoms with Gasteiger partial charge in [-0.2, -0.15) is 0 Å².